The maximum atomic E-state index is 12.8. The Morgan fingerprint density at radius 1 is 1.03 bits per heavy atom. The topological polar surface area (TPSA) is 84.0 Å². The van der Waals surface area contributed by atoms with Gasteiger partial charge in [0.2, 0.25) is 5.91 Å². The molecule has 2 saturated heterocycles. The Morgan fingerprint density at radius 2 is 1.79 bits per heavy atom. The van der Waals surface area contributed by atoms with Gasteiger partial charge in [-0.3, -0.25) is 9.59 Å². The van der Waals surface area contributed by atoms with Crippen LogP contribution in [0.2, 0.25) is 0 Å². The molecule has 0 saturated carbocycles. The molecule has 2 aromatic rings. The fourth-order valence-corrected chi connectivity index (χ4v) is 4.52. The minimum Gasteiger partial charge on any atom is -0.497 e. The van der Waals surface area contributed by atoms with Crippen molar-refractivity contribution in [2.75, 3.05) is 45.3 Å². The van der Waals surface area contributed by atoms with E-state index in [0.29, 0.717) is 23.6 Å². The van der Waals surface area contributed by atoms with Crippen LogP contribution in [0.4, 0.5) is 5.82 Å². The number of carbonyl (C=O) groups excluding carboxylic acids is 2. The van der Waals surface area contributed by atoms with Gasteiger partial charge in [-0.1, -0.05) is 0 Å². The Bertz CT molecular complexity index is 982. The summed E-state index contributed by atoms with van der Waals surface area (Å²) in [6, 6.07) is 9.26. The van der Waals surface area contributed by atoms with Crippen LogP contribution in [0.1, 0.15) is 41.6 Å². The quantitative estimate of drug-likeness (QED) is 0.696. The summed E-state index contributed by atoms with van der Waals surface area (Å²) < 4.78 is 10.6. The van der Waals surface area contributed by atoms with E-state index in [2.05, 4.69) is 15.2 Å². The molecule has 0 aliphatic carbocycles. The molecule has 3 heterocycles. The van der Waals surface area contributed by atoms with Crippen molar-refractivity contribution >= 4 is 17.6 Å². The van der Waals surface area contributed by atoms with Crippen LogP contribution in [0.25, 0.3) is 0 Å². The van der Waals surface area contributed by atoms with E-state index in [0.717, 1.165) is 63.2 Å². The van der Waals surface area contributed by atoms with E-state index in [4.69, 9.17) is 9.47 Å². The largest absolute Gasteiger partial charge is 0.497 e. The van der Waals surface area contributed by atoms with Gasteiger partial charge in [0.1, 0.15) is 17.3 Å². The first-order valence-corrected chi connectivity index (χ1v) is 11.6. The number of hydrogen-bond donors (Lipinski definition) is 1. The lowest BCUT2D eigenvalue weighted by atomic mass is 9.95. The molecule has 33 heavy (non-hydrogen) atoms. The predicted octanol–water partition coefficient (Wildman–Crippen LogP) is 2.87. The first-order valence-electron chi connectivity index (χ1n) is 11.6. The summed E-state index contributed by atoms with van der Waals surface area (Å²) in [7, 11) is 3.22. The summed E-state index contributed by atoms with van der Waals surface area (Å²) in [6.07, 6.45) is 5.35. The number of benzene rings is 1. The lowest BCUT2D eigenvalue weighted by molar-refractivity contribution is -0.125. The highest BCUT2D eigenvalue weighted by Crippen LogP contribution is 2.26. The number of amides is 2. The lowest BCUT2D eigenvalue weighted by Crippen LogP contribution is -2.40. The van der Waals surface area contributed by atoms with Gasteiger partial charge in [-0.2, -0.15) is 0 Å². The number of pyridine rings is 1. The zero-order valence-corrected chi connectivity index (χ0v) is 19.4. The van der Waals surface area contributed by atoms with Crippen molar-refractivity contribution in [1.29, 1.82) is 0 Å². The van der Waals surface area contributed by atoms with Gasteiger partial charge in [-0.25, -0.2) is 4.98 Å². The molecule has 176 valence electrons. The third-order valence-electron chi connectivity index (χ3n) is 6.52. The molecule has 2 amide bonds. The maximum absolute atomic E-state index is 12.8. The Hall–Kier alpha value is -3.29. The summed E-state index contributed by atoms with van der Waals surface area (Å²) in [5.74, 6) is 2.31. The average molecular weight is 453 g/mol. The molecular formula is C25H32N4O4. The monoisotopic (exact) mass is 452 g/mol. The highest BCUT2D eigenvalue weighted by atomic mass is 16.5. The van der Waals surface area contributed by atoms with Crippen LogP contribution in [-0.2, 0) is 11.3 Å². The van der Waals surface area contributed by atoms with E-state index >= 15 is 0 Å². The molecule has 2 aliphatic heterocycles. The first kappa shape index (κ1) is 22.9. The minimum absolute atomic E-state index is 0.0418. The molecular weight excluding hydrogens is 420 g/mol. The van der Waals surface area contributed by atoms with Crippen LogP contribution in [0.3, 0.4) is 0 Å². The Morgan fingerprint density at radius 3 is 2.48 bits per heavy atom. The van der Waals surface area contributed by atoms with Crippen molar-refractivity contribution in [3.8, 4) is 11.5 Å². The standard InChI is InChI=1S/C25H32N4O4/c1-32-21-6-5-20(22(16-21)33-2)17-27-24(30)18-8-13-28(14-9-18)23-15-19(7-10-26-23)25(31)29-11-3-4-12-29/h5-7,10,15-16,18H,3-4,8-9,11-14,17H2,1-2H3,(H,27,30). The molecule has 8 nitrogen and oxygen atoms in total. The fourth-order valence-electron chi connectivity index (χ4n) is 4.52. The number of anilines is 1. The van der Waals surface area contributed by atoms with Crippen molar-refractivity contribution in [3.05, 3.63) is 47.7 Å². The fraction of sp³-hybridized carbons (Fsp3) is 0.480. The van der Waals surface area contributed by atoms with E-state index in [1.807, 2.05) is 29.2 Å². The average Bonchev–Trinajstić information content (AvgIpc) is 3.42. The molecule has 1 N–H and O–H groups in total. The molecule has 1 aromatic carbocycles. The molecule has 2 fully saturated rings. The number of likely N-dealkylation sites (tertiary alicyclic amines) is 1. The number of piperidine rings is 1. The van der Waals surface area contributed by atoms with Crippen LogP contribution in [0.15, 0.2) is 36.5 Å². The van der Waals surface area contributed by atoms with Gasteiger partial charge in [-0.15, -0.1) is 0 Å². The van der Waals surface area contributed by atoms with E-state index < -0.39 is 0 Å². The second-order valence-electron chi connectivity index (χ2n) is 8.56. The Kier molecular flexibility index (Phi) is 7.32. The first-order chi connectivity index (χ1) is 16.1. The van der Waals surface area contributed by atoms with Gasteiger partial charge in [0.15, 0.2) is 0 Å². The smallest absolute Gasteiger partial charge is 0.254 e. The van der Waals surface area contributed by atoms with E-state index in [1.165, 1.54) is 0 Å². The third kappa shape index (κ3) is 5.38. The number of nitrogens with one attached hydrogen (secondary N) is 1. The molecule has 0 radical (unpaired) electrons. The summed E-state index contributed by atoms with van der Waals surface area (Å²) >= 11 is 0. The maximum Gasteiger partial charge on any atom is 0.254 e. The SMILES string of the molecule is COc1ccc(CNC(=O)C2CCN(c3cc(C(=O)N4CCCC4)ccn3)CC2)c(OC)c1. The molecule has 0 spiro atoms. The van der Waals surface area contributed by atoms with Crippen LogP contribution in [0.5, 0.6) is 11.5 Å². The van der Waals surface area contributed by atoms with Gasteiger partial charge in [0.25, 0.3) is 5.91 Å². The molecule has 4 rings (SSSR count). The number of nitrogens with zero attached hydrogens (tertiary/aromatic N) is 3. The van der Waals surface area contributed by atoms with Crippen molar-refractivity contribution in [2.45, 2.75) is 32.2 Å². The number of aromatic nitrogens is 1. The van der Waals surface area contributed by atoms with Crippen molar-refractivity contribution in [2.24, 2.45) is 5.92 Å². The Balaban J connectivity index is 1.30. The lowest BCUT2D eigenvalue weighted by Gasteiger charge is -2.32. The van der Waals surface area contributed by atoms with Crippen LogP contribution in [0, 0.1) is 5.92 Å². The van der Waals surface area contributed by atoms with Gasteiger partial charge in [-0.05, 0) is 49.9 Å². The molecule has 1 aromatic heterocycles. The number of methoxy groups -OCH3 is 2. The number of hydrogen-bond acceptors (Lipinski definition) is 6. The molecule has 8 heteroatoms. The third-order valence-corrected chi connectivity index (χ3v) is 6.52. The number of rotatable bonds is 7. The second kappa shape index (κ2) is 10.6. The Labute approximate surface area is 194 Å². The van der Waals surface area contributed by atoms with Gasteiger partial charge in [0, 0.05) is 62.0 Å². The summed E-state index contributed by atoms with van der Waals surface area (Å²) in [6.45, 7) is 3.55. The van der Waals surface area contributed by atoms with E-state index in [1.54, 1.807) is 26.5 Å². The summed E-state index contributed by atoms with van der Waals surface area (Å²) in [4.78, 5) is 34.0. The van der Waals surface area contributed by atoms with Crippen LogP contribution < -0.4 is 19.7 Å². The van der Waals surface area contributed by atoms with Crippen LogP contribution in [-0.4, -0.2) is 62.1 Å². The van der Waals surface area contributed by atoms with Crippen molar-refractivity contribution in [3.63, 3.8) is 0 Å². The summed E-state index contributed by atoms with van der Waals surface area (Å²) in [5, 5.41) is 3.05. The minimum atomic E-state index is -0.0418. The predicted molar refractivity (Wildman–Crippen MR) is 126 cm³/mol. The second-order valence-corrected chi connectivity index (χ2v) is 8.56. The van der Waals surface area contributed by atoms with E-state index in [9.17, 15) is 9.59 Å². The number of carbonyl (C=O) groups is 2. The highest BCUT2D eigenvalue weighted by Gasteiger charge is 2.26. The van der Waals surface area contributed by atoms with Crippen molar-refractivity contribution in [1.82, 2.24) is 15.2 Å². The van der Waals surface area contributed by atoms with Gasteiger partial charge >= 0.3 is 0 Å². The molecule has 0 atom stereocenters. The van der Waals surface area contributed by atoms with E-state index in [-0.39, 0.29) is 17.7 Å². The molecule has 2 aliphatic rings. The van der Waals surface area contributed by atoms with Gasteiger partial charge in [0.05, 0.1) is 14.2 Å². The number of ether oxygens (including phenoxy) is 2. The molecule has 0 unspecified atom stereocenters. The zero-order chi connectivity index (χ0) is 23.2. The zero-order valence-electron chi connectivity index (χ0n) is 19.4. The summed E-state index contributed by atoms with van der Waals surface area (Å²) in [5.41, 5.74) is 1.60. The normalized spacial score (nSPS) is 16.5. The molecule has 0 bridgehead atoms. The van der Waals surface area contributed by atoms with Gasteiger partial charge < -0.3 is 24.6 Å². The highest BCUT2D eigenvalue weighted by molar-refractivity contribution is 5.95. The van der Waals surface area contributed by atoms with Crippen molar-refractivity contribution < 1.29 is 19.1 Å². The van der Waals surface area contributed by atoms with Crippen LogP contribution >= 0.6 is 0 Å².